The van der Waals surface area contributed by atoms with Gasteiger partial charge >= 0.3 is 0 Å². The maximum atomic E-state index is 12.9. The van der Waals surface area contributed by atoms with Gasteiger partial charge in [-0.2, -0.15) is 5.26 Å². The van der Waals surface area contributed by atoms with Crippen LogP contribution >= 0.6 is 0 Å². The van der Waals surface area contributed by atoms with Gasteiger partial charge in [0.15, 0.2) is 0 Å². The van der Waals surface area contributed by atoms with E-state index < -0.39 is 17.8 Å². The van der Waals surface area contributed by atoms with E-state index in [2.05, 4.69) is 5.32 Å². The maximum absolute atomic E-state index is 12.9. The Kier molecular flexibility index (Phi) is 4.65. The van der Waals surface area contributed by atoms with Crippen molar-refractivity contribution in [3.05, 3.63) is 35.6 Å². The van der Waals surface area contributed by atoms with Crippen LogP contribution in [0, 0.1) is 23.1 Å². The topological polar surface area (TPSA) is 52.9 Å². The van der Waals surface area contributed by atoms with Gasteiger partial charge in [0, 0.05) is 5.56 Å². The van der Waals surface area contributed by atoms with Crippen molar-refractivity contribution in [1.82, 2.24) is 5.32 Å². The van der Waals surface area contributed by atoms with Crippen LogP contribution in [-0.4, -0.2) is 11.9 Å². The molecule has 0 bridgehead atoms. The second-order valence-corrected chi connectivity index (χ2v) is 4.30. The van der Waals surface area contributed by atoms with Gasteiger partial charge in [0.25, 0.3) is 5.91 Å². The first-order valence-electron chi connectivity index (χ1n) is 5.49. The zero-order chi connectivity index (χ0) is 12.8. The molecule has 0 heterocycles. The number of carbonyl (C=O) groups excluding carboxylic acids is 1. The number of carbonyl (C=O) groups is 1. The predicted octanol–water partition coefficient (Wildman–Crippen LogP) is 2.49. The van der Waals surface area contributed by atoms with Crippen LogP contribution in [0.4, 0.5) is 4.39 Å². The standard InChI is InChI=1S/C13H15FN2O/c1-9(2)6-12(8-15)16-13(17)10-4-3-5-11(14)7-10/h3-5,7,9,12H,6H2,1-2H3,(H,16,17). The number of nitrogens with zero attached hydrogens (tertiary/aromatic N) is 1. The Morgan fingerprint density at radius 1 is 1.53 bits per heavy atom. The smallest absolute Gasteiger partial charge is 0.252 e. The highest BCUT2D eigenvalue weighted by Crippen LogP contribution is 2.07. The molecule has 0 aliphatic heterocycles. The van der Waals surface area contributed by atoms with Crippen LogP contribution < -0.4 is 5.32 Å². The molecular formula is C13H15FN2O. The highest BCUT2D eigenvalue weighted by Gasteiger charge is 2.14. The van der Waals surface area contributed by atoms with E-state index in [1.54, 1.807) is 0 Å². The van der Waals surface area contributed by atoms with Gasteiger partial charge in [0.2, 0.25) is 0 Å². The molecule has 0 saturated carbocycles. The lowest BCUT2D eigenvalue weighted by molar-refractivity contribution is 0.0941. The van der Waals surface area contributed by atoms with E-state index in [1.165, 1.54) is 18.2 Å². The second-order valence-electron chi connectivity index (χ2n) is 4.30. The van der Waals surface area contributed by atoms with Gasteiger partial charge in [0.1, 0.15) is 11.9 Å². The van der Waals surface area contributed by atoms with E-state index in [9.17, 15) is 9.18 Å². The Bertz CT molecular complexity index is 437. The fraction of sp³-hybridized carbons (Fsp3) is 0.385. The molecule has 1 atom stereocenters. The summed E-state index contributed by atoms with van der Waals surface area (Å²) in [6.07, 6.45) is 0.581. The number of rotatable bonds is 4. The number of nitrogens with one attached hydrogen (secondary N) is 1. The van der Waals surface area contributed by atoms with E-state index in [0.29, 0.717) is 12.3 Å². The average Bonchev–Trinajstić information content (AvgIpc) is 2.27. The first-order valence-corrected chi connectivity index (χ1v) is 5.49. The normalized spacial score (nSPS) is 11.9. The minimum Gasteiger partial charge on any atom is -0.336 e. The summed E-state index contributed by atoms with van der Waals surface area (Å²) in [5, 5.41) is 11.5. The molecule has 1 aromatic carbocycles. The molecule has 0 spiro atoms. The van der Waals surface area contributed by atoms with Crippen LogP contribution in [0.15, 0.2) is 24.3 Å². The number of hydrogen-bond acceptors (Lipinski definition) is 2. The number of nitriles is 1. The SMILES string of the molecule is CC(C)CC(C#N)NC(=O)c1cccc(F)c1. The average molecular weight is 234 g/mol. The fourth-order valence-corrected chi connectivity index (χ4v) is 1.49. The van der Waals surface area contributed by atoms with Crippen LogP contribution in [0.25, 0.3) is 0 Å². The molecule has 0 saturated heterocycles. The lowest BCUT2D eigenvalue weighted by Crippen LogP contribution is -2.34. The van der Waals surface area contributed by atoms with Crippen molar-refractivity contribution < 1.29 is 9.18 Å². The highest BCUT2D eigenvalue weighted by atomic mass is 19.1. The Hall–Kier alpha value is -1.89. The fourth-order valence-electron chi connectivity index (χ4n) is 1.49. The third-order valence-electron chi connectivity index (χ3n) is 2.26. The van der Waals surface area contributed by atoms with Crippen molar-refractivity contribution in [1.29, 1.82) is 5.26 Å². The molecule has 0 aromatic heterocycles. The summed E-state index contributed by atoms with van der Waals surface area (Å²) >= 11 is 0. The van der Waals surface area contributed by atoms with Gasteiger partial charge in [-0.25, -0.2) is 4.39 Å². The maximum Gasteiger partial charge on any atom is 0.252 e. The molecule has 1 N–H and O–H groups in total. The molecule has 90 valence electrons. The van der Waals surface area contributed by atoms with Crippen molar-refractivity contribution in [2.24, 2.45) is 5.92 Å². The largest absolute Gasteiger partial charge is 0.336 e. The first-order chi connectivity index (χ1) is 8.02. The van der Waals surface area contributed by atoms with Gasteiger partial charge < -0.3 is 5.32 Å². The lowest BCUT2D eigenvalue weighted by atomic mass is 10.0. The first kappa shape index (κ1) is 13.2. The highest BCUT2D eigenvalue weighted by molar-refractivity contribution is 5.94. The monoisotopic (exact) mass is 234 g/mol. The molecule has 0 aliphatic carbocycles. The molecule has 1 unspecified atom stereocenters. The number of benzene rings is 1. The van der Waals surface area contributed by atoms with Gasteiger partial charge in [-0.05, 0) is 30.5 Å². The molecule has 4 heteroatoms. The summed E-state index contributed by atoms with van der Waals surface area (Å²) < 4.78 is 12.9. The predicted molar refractivity (Wildman–Crippen MR) is 62.7 cm³/mol. The summed E-state index contributed by atoms with van der Waals surface area (Å²) in [7, 11) is 0. The minimum absolute atomic E-state index is 0.231. The summed E-state index contributed by atoms with van der Waals surface area (Å²) in [5.41, 5.74) is 0.231. The quantitative estimate of drug-likeness (QED) is 0.870. The van der Waals surface area contributed by atoms with Crippen molar-refractivity contribution in [3.8, 4) is 6.07 Å². The van der Waals surface area contributed by atoms with E-state index in [4.69, 9.17) is 5.26 Å². The summed E-state index contributed by atoms with van der Waals surface area (Å²) in [4.78, 5) is 11.7. The van der Waals surface area contributed by atoms with Gasteiger partial charge in [-0.1, -0.05) is 19.9 Å². The molecule has 3 nitrogen and oxygen atoms in total. The number of halogens is 1. The van der Waals surface area contributed by atoms with Crippen molar-refractivity contribution in [3.63, 3.8) is 0 Å². The third kappa shape index (κ3) is 4.23. The van der Waals surface area contributed by atoms with Gasteiger partial charge in [-0.3, -0.25) is 4.79 Å². The second kappa shape index (κ2) is 6.00. The summed E-state index contributed by atoms with van der Waals surface area (Å²) in [6, 6.07) is 6.89. The molecule has 0 aliphatic rings. The molecule has 1 amide bonds. The molecule has 1 rings (SSSR count). The van der Waals surface area contributed by atoms with Gasteiger partial charge in [0.05, 0.1) is 6.07 Å². The van der Waals surface area contributed by atoms with Crippen molar-refractivity contribution in [2.75, 3.05) is 0 Å². The lowest BCUT2D eigenvalue weighted by Gasteiger charge is -2.13. The number of amides is 1. The number of hydrogen-bond donors (Lipinski definition) is 1. The zero-order valence-corrected chi connectivity index (χ0v) is 9.90. The van der Waals surface area contributed by atoms with E-state index in [1.807, 2.05) is 19.9 Å². The Morgan fingerprint density at radius 2 is 2.24 bits per heavy atom. The van der Waals surface area contributed by atoms with E-state index >= 15 is 0 Å². The van der Waals surface area contributed by atoms with E-state index in [0.717, 1.165) is 6.07 Å². The van der Waals surface area contributed by atoms with E-state index in [-0.39, 0.29) is 5.56 Å². The van der Waals surface area contributed by atoms with Crippen LogP contribution in [0.3, 0.4) is 0 Å². The Labute approximate surface area is 100 Å². The summed E-state index contributed by atoms with van der Waals surface area (Å²) in [6.45, 7) is 3.94. The zero-order valence-electron chi connectivity index (χ0n) is 9.90. The van der Waals surface area contributed by atoms with Crippen LogP contribution in [0.2, 0.25) is 0 Å². The van der Waals surface area contributed by atoms with Crippen LogP contribution in [0.1, 0.15) is 30.6 Å². The summed E-state index contributed by atoms with van der Waals surface area (Å²) in [5.74, 6) is -0.570. The Morgan fingerprint density at radius 3 is 2.76 bits per heavy atom. The van der Waals surface area contributed by atoms with Gasteiger partial charge in [-0.15, -0.1) is 0 Å². The van der Waals surface area contributed by atoms with Crippen molar-refractivity contribution in [2.45, 2.75) is 26.3 Å². The molecule has 0 fully saturated rings. The molecule has 17 heavy (non-hydrogen) atoms. The van der Waals surface area contributed by atoms with Crippen molar-refractivity contribution >= 4 is 5.91 Å². The van der Waals surface area contributed by atoms with Crippen LogP contribution in [-0.2, 0) is 0 Å². The molecule has 1 aromatic rings. The Balaban J connectivity index is 2.68. The van der Waals surface area contributed by atoms with Crippen LogP contribution in [0.5, 0.6) is 0 Å². The minimum atomic E-state index is -0.536. The molecular weight excluding hydrogens is 219 g/mol. The molecule has 0 radical (unpaired) electrons. The third-order valence-corrected chi connectivity index (χ3v) is 2.26.